The van der Waals surface area contributed by atoms with E-state index in [-0.39, 0.29) is 12.5 Å². The molecular formula is C27H28N10O2. The molecule has 39 heavy (non-hydrogen) atoms. The third-order valence-electron chi connectivity index (χ3n) is 6.72. The average Bonchev–Trinajstić information content (AvgIpc) is 3.57. The monoisotopic (exact) mass is 524 g/mol. The molecule has 4 aromatic heterocycles. The van der Waals surface area contributed by atoms with Gasteiger partial charge in [-0.15, -0.1) is 0 Å². The summed E-state index contributed by atoms with van der Waals surface area (Å²) in [6.07, 6.45) is 8.74. The first-order valence-corrected chi connectivity index (χ1v) is 12.6. The summed E-state index contributed by atoms with van der Waals surface area (Å²) < 4.78 is 9.66. The second-order valence-corrected chi connectivity index (χ2v) is 9.38. The van der Waals surface area contributed by atoms with Gasteiger partial charge in [0.25, 0.3) is 5.91 Å². The fourth-order valence-electron chi connectivity index (χ4n) is 4.75. The molecule has 1 aliphatic heterocycles. The molecule has 5 aromatic rings. The lowest BCUT2D eigenvalue weighted by molar-refractivity contribution is 0.0737. The molecule has 5 N–H and O–H groups in total. The van der Waals surface area contributed by atoms with Gasteiger partial charge in [0.1, 0.15) is 24.5 Å². The second kappa shape index (κ2) is 10.1. The summed E-state index contributed by atoms with van der Waals surface area (Å²) in [7, 11) is 1.86. The molecule has 1 aromatic carbocycles. The molecule has 0 unspecified atom stereocenters. The van der Waals surface area contributed by atoms with Gasteiger partial charge in [0.2, 0.25) is 0 Å². The molecule has 0 bridgehead atoms. The number of ether oxygens (including phenoxy) is 1. The number of carbonyl (C=O) groups excluding carboxylic acids is 1. The number of hydrogen-bond acceptors (Lipinski definition) is 9. The van der Waals surface area contributed by atoms with Gasteiger partial charge >= 0.3 is 0 Å². The average molecular weight is 525 g/mol. The highest BCUT2D eigenvalue weighted by Gasteiger charge is 2.21. The number of aromatic nitrogens is 6. The van der Waals surface area contributed by atoms with Gasteiger partial charge in [0.05, 0.1) is 28.5 Å². The number of nitrogen functional groups attached to an aromatic ring is 2. The molecule has 0 radical (unpaired) electrons. The number of pyridine rings is 1. The highest BCUT2D eigenvalue weighted by molar-refractivity contribution is 6.01. The van der Waals surface area contributed by atoms with Crippen LogP contribution >= 0.6 is 0 Å². The van der Waals surface area contributed by atoms with E-state index in [0.717, 1.165) is 41.0 Å². The van der Waals surface area contributed by atoms with Crippen LogP contribution in [0.5, 0.6) is 5.75 Å². The van der Waals surface area contributed by atoms with Crippen LogP contribution in [0.1, 0.15) is 15.9 Å². The Morgan fingerprint density at radius 1 is 1.10 bits per heavy atom. The molecule has 0 saturated carbocycles. The Labute approximate surface area is 224 Å². The Kier molecular flexibility index (Phi) is 6.29. The quantitative estimate of drug-likeness (QED) is 0.283. The van der Waals surface area contributed by atoms with E-state index < -0.39 is 0 Å². The smallest absolute Gasteiger partial charge is 0.256 e. The number of piperazine rings is 1. The van der Waals surface area contributed by atoms with E-state index in [4.69, 9.17) is 16.2 Å². The second-order valence-electron chi connectivity index (χ2n) is 9.38. The first kappa shape index (κ1) is 24.4. The van der Waals surface area contributed by atoms with E-state index in [0.29, 0.717) is 41.6 Å². The van der Waals surface area contributed by atoms with Crippen LogP contribution in [0.2, 0.25) is 0 Å². The number of aryl methyl sites for hydroxylation is 1. The van der Waals surface area contributed by atoms with Crippen LogP contribution in [0.15, 0.2) is 61.4 Å². The zero-order valence-electron chi connectivity index (χ0n) is 21.4. The van der Waals surface area contributed by atoms with Gasteiger partial charge in [-0.25, -0.2) is 9.97 Å². The summed E-state index contributed by atoms with van der Waals surface area (Å²) >= 11 is 0. The predicted octanol–water partition coefficient (Wildman–Crippen LogP) is 2.00. The van der Waals surface area contributed by atoms with Crippen molar-refractivity contribution in [2.24, 2.45) is 7.05 Å². The lowest BCUT2D eigenvalue weighted by atomic mass is 10.1. The number of amides is 1. The van der Waals surface area contributed by atoms with Crippen molar-refractivity contribution in [1.82, 2.24) is 39.5 Å². The van der Waals surface area contributed by atoms with Gasteiger partial charge in [-0.05, 0) is 24.3 Å². The molecule has 1 saturated heterocycles. The first-order chi connectivity index (χ1) is 19.0. The molecule has 5 heterocycles. The van der Waals surface area contributed by atoms with Gasteiger partial charge < -0.3 is 26.4 Å². The number of anilines is 2. The highest BCUT2D eigenvalue weighted by Crippen LogP contribution is 2.33. The van der Waals surface area contributed by atoms with Crippen LogP contribution in [-0.4, -0.2) is 66.3 Å². The minimum atomic E-state index is -0.0640. The molecule has 1 aliphatic rings. The van der Waals surface area contributed by atoms with Crippen LogP contribution in [0.25, 0.3) is 28.0 Å². The molecule has 12 heteroatoms. The van der Waals surface area contributed by atoms with Crippen molar-refractivity contribution < 1.29 is 9.53 Å². The number of nitrogens with one attached hydrogen (secondary N) is 1. The van der Waals surface area contributed by atoms with Crippen molar-refractivity contribution in [1.29, 1.82) is 0 Å². The summed E-state index contributed by atoms with van der Waals surface area (Å²) in [5, 5.41) is 8.50. The van der Waals surface area contributed by atoms with Crippen molar-refractivity contribution in [3.8, 4) is 22.7 Å². The van der Waals surface area contributed by atoms with Gasteiger partial charge in [-0.2, -0.15) is 5.10 Å². The minimum absolute atomic E-state index is 0.0640. The number of benzene rings is 1. The van der Waals surface area contributed by atoms with Crippen LogP contribution in [0.3, 0.4) is 0 Å². The first-order valence-electron chi connectivity index (χ1n) is 12.6. The summed E-state index contributed by atoms with van der Waals surface area (Å²) in [5.74, 6) is 0.883. The fourth-order valence-corrected chi connectivity index (χ4v) is 4.75. The van der Waals surface area contributed by atoms with Crippen LogP contribution in [-0.2, 0) is 13.7 Å². The van der Waals surface area contributed by atoms with Gasteiger partial charge in [-0.3, -0.25) is 19.0 Å². The van der Waals surface area contributed by atoms with Crippen LogP contribution in [0, 0.1) is 0 Å². The van der Waals surface area contributed by atoms with Crippen molar-refractivity contribution in [3.63, 3.8) is 0 Å². The summed E-state index contributed by atoms with van der Waals surface area (Å²) in [6, 6.07) is 9.06. The Balaban J connectivity index is 1.24. The normalized spacial score (nSPS) is 13.6. The highest BCUT2D eigenvalue weighted by atomic mass is 16.5. The Hall–Kier alpha value is -4.97. The lowest BCUT2D eigenvalue weighted by Gasteiger charge is -2.27. The maximum absolute atomic E-state index is 12.8. The molecule has 0 spiro atoms. The maximum Gasteiger partial charge on any atom is 0.256 e. The Bertz CT molecular complexity index is 1670. The number of rotatable bonds is 6. The summed E-state index contributed by atoms with van der Waals surface area (Å²) in [5.41, 5.74) is 17.2. The predicted molar refractivity (Wildman–Crippen MR) is 147 cm³/mol. The molecule has 0 atom stereocenters. The third kappa shape index (κ3) is 4.73. The minimum Gasteiger partial charge on any atom is -0.489 e. The van der Waals surface area contributed by atoms with E-state index >= 15 is 0 Å². The van der Waals surface area contributed by atoms with E-state index in [9.17, 15) is 4.79 Å². The Morgan fingerprint density at radius 3 is 2.72 bits per heavy atom. The van der Waals surface area contributed by atoms with Gasteiger partial charge in [-0.1, -0.05) is 0 Å². The number of carbonyl (C=O) groups is 1. The fraction of sp³-hybridized carbons (Fsp3) is 0.222. The van der Waals surface area contributed by atoms with Crippen molar-refractivity contribution in [3.05, 3.63) is 72.6 Å². The maximum atomic E-state index is 12.8. The van der Waals surface area contributed by atoms with E-state index in [1.54, 1.807) is 35.3 Å². The molecule has 1 amide bonds. The van der Waals surface area contributed by atoms with Crippen molar-refractivity contribution >= 4 is 28.4 Å². The zero-order chi connectivity index (χ0) is 26.9. The molecule has 12 nitrogen and oxygen atoms in total. The van der Waals surface area contributed by atoms with Gasteiger partial charge in [0, 0.05) is 74.7 Å². The van der Waals surface area contributed by atoms with E-state index in [1.807, 2.05) is 41.0 Å². The van der Waals surface area contributed by atoms with Crippen LogP contribution < -0.4 is 21.5 Å². The van der Waals surface area contributed by atoms with E-state index in [1.165, 1.54) is 6.33 Å². The zero-order valence-corrected chi connectivity index (χ0v) is 21.4. The van der Waals surface area contributed by atoms with E-state index in [2.05, 4.69) is 25.4 Å². The molecular weight excluding hydrogens is 496 g/mol. The number of fused-ring (bicyclic) bond motifs is 1. The largest absolute Gasteiger partial charge is 0.489 e. The third-order valence-corrected chi connectivity index (χ3v) is 6.72. The number of nitrogens with two attached hydrogens (primary N) is 2. The van der Waals surface area contributed by atoms with Crippen molar-refractivity contribution in [2.45, 2.75) is 6.61 Å². The number of hydrogen-bond donors (Lipinski definition) is 3. The Morgan fingerprint density at radius 2 is 1.95 bits per heavy atom. The lowest BCUT2D eigenvalue weighted by Crippen LogP contribution is -2.46. The van der Waals surface area contributed by atoms with Crippen LogP contribution in [0.4, 0.5) is 11.5 Å². The molecule has 1 fully saturated rings. The molecule has 6 rings (SSSR count). The number of nitrogens with zero attached hydrogens (tertiary/aromatic N) is 7. The molecule has 0 aliphatic carbocycles. The molecule has 198 valence electrons. The van der Waals surface area contributed by atoms with Crippen molar-refractivity contribution in [2.75, 3.05) is 37.6 Å². The topological polar surface area (TPSA) is 155 Å². The SMILES string of the molecule is Cn1ccc(-c2cn(-c3cncc(COc4ccc(C(=O)N5CCNCC5)c(N)c4)c3)c3ncnc(N)c23)n1. The standard InChI is InChI=1S/C27H28N10O2/c1-35-7-4-23(34-35)21-14-37(26-24(21)25(29)32-16-33-26)18-10-17(12-31-13-18)15-39-19-2-3-20(22(28)11-19)27(38)36-8-5-30-6-9-36/h2-4,7,10-14,16,30H,5-6,8-9,15,28H2,1H3,(H2,29,32,33). The summed E-state index contributed by atoms with van der Waals surface area (Å²) in [4.78, 5) is 27.7. The van der Waals surface area contributed by atoms with Gasteiger partial charge in [0.15, 0.2) is 5.65 Å². The summed E-state index contributed by atoms with van der Waals surface area (Å²) in [6.45, 7) is 3.15.